The summed E-state index contributed by atoms with van der Waals surface area (Å²) in [5.41, 5.74) is 0.00954. The number of nitro groups is 1. The van der Waals surface area contributed by atoms with Crippen molar-refractivity contribution >= 4 is 11.6 Å². The highest BCUT2D eigenvalue weighted by Gasteiger charge is 2.24. The van der Waals surface area contributed by atoms with Gasteiger partial charge in [-0.15, -0.1) is 0 Å². The highest BCUT2D eigenvalue weighted by molar-refractivity contribution is 5.98. The van der Waals surface area contributed by atoms with Crippen molar-refractivity contribution in [2.24, 2.45) is 5.92 Å². The minimum Gasteiger partial charge on any atom is -0.349 e. The summed E-state index contributed by atoms with van der Waals surface area (Å²) in [5.74, 6) is 0.367. The molecule has 1 saturated carbocycles. The van der Waals surface area contributed by atoms with Crippen LogP contribution in [-0.2, 0) is 0 Å². The van der Waals surface area contributed by atoms with Crippen molar-refractivity contribution in [3.8, 4) is 0 Å². The van der Waals surface area contributed by atoms with Crippen LogP contribution in [0.15, 0.2) is 24.3 Å². The number of hydrogen-bond acceptors (Lipinski definition) is 3. The van der Waals surface area contributed by atoms with Gasteiger partial charge >= 0.3 is 0 Å². The Morgan fingerprint density at radius 1 is 1.26 bits per heavy atom. The fourth-order valence-electron chi connectivity index (χ4n) is 2.49. The van der Waals surface area contributed by atoms with Crippen molar-refractivity contribution in [1.29, 1.82) is 0 Å². The van der Waals surface area contributed by atoms with E-state index in [2.05, 4.69) is 12.2 Å². The molecule has 0 aromatic heterocycles. The van der Waals surface area contributed by atoms with Crippen LogP contribution in [-0.4, -0.2) is 16.9 Å². The minimum absolute atomic E-state index is 0.135. The van der Waals surface area contributed by atoms with Crippen LogP contribution in [0.4, 0.5) is 5.69 Å². The summed E-state index contributed by atoms with van der Waals surface area (Å²) in [6.45, 7) is 2.21. The molecule has 0 unspecified atom stereocenters. The van der Waals surface area contributed by atoms with Gasteiger partial charge in [-0.1, -0.05) is 19.1 Å². The Morgan fingerprint density at radius 2 is 1.89 bits per heavy atom. The molecule has 5 heteroatoms. The van der Waals surface area contributed by atoms with Crippen molar-refractivity contribution < 1.29 is 9.72 Å². The predicted octanol–water partition coefficient (Wildman–Crippen LogP) is 2.90. The predicted molar refractivity (Wildman–Crippen MR) is 72.0 cm³/mol. The molecule has 0 atom stereocenters. The van der Waals surface area contributed by atoms with E-state index in [-0.39, 0.29) is 23.2 Å². The molecule has 0 saturated heterocycles. The van der Waals surface area contributed by atoms with Crippen molar-refractivity contribution in [3.05, 3.63) is 39.9 Å². The average molecular weight is 262 g/mol. The molecule has 0 heterocycles. The van der Waals surface area contributed by atoms with Gasteiger partial charge in [0.2, 0.25) is 0 Å². The third-order valence-corrected chi connectivity index (χ3v) is 3.70. The molecule has 1 fully saturated rings. The second kappa shape index (κ2) is 5.82. The molecular weight excluding hydrogens is 244 g/mol. The maximum Gasteiger partial charge on any atom is 0.282 e. The summed E-state index contributed by atoms with van der Waals surface area (Å²) in [6, 6.07) is 6.21. The maximum absolute atomic E-state index is 12.1. The number of nitro benzene ring substituents is 1. The SMILES string of the molecule is CC1CCC(NC(=O)c2ccccc2[N+](=O)[O-])CC1. The number of amides is 1. The average Bonchev–Trinajstić information content (AvgIpc) is 2.41. The zero-order valence-corrected chi connectivity index (χ0v) is 11.0. The summed E-state index contributed by atoms with van der Waals surface area (Å²) >= 11 is 0. The Hall–Kier alpha value is -1.91. The van der Waals surface area contributed by atoms with E-state index < -0.39 is 4.92 Å². The van der Waals surface area contributed by atoms with E-state index in [1.54, 1.807) is 12.1 Å². The standard InChI is InChI=1S/C14H18N2O3/c1-10-6-8-11(9-7-10)15-14(17)12-4-2-3-5-13(12)16(18)19/h2-5,10-11H,6-9H2,1H3,(H,15,17). The van der Waals surface area contributed by atoms with Gasteiger partial charge in [0, 0.05) is 12.1 Å². The zero-order valence-electron chi connectivity index (χ0n) is 11.0. The largest absolute Gasteiger partial charge is 0.349 e. The monoisotopic (exact) mass is 262 g/mol. The highest BCUT2D eigenvalue weighted by Crippen LogP contribution is 2.24. The number of nitrogens with one attached hydrogen (secondary N) is 1. The molecule has 0 radical (unpaired) electrons. The maximum atomic E-state index is 12.1. The highest BCUT2D eigenvalue weighted by atomic mass is 16.6. The lowest BCUT2D eigenvalue weighted by atomic mass is 9.87. The van der Waals surface area contributed by atoms with Crippen LogP contribution in [0.3, 0.4) is 0 Å². The molecule has 1 amide bonds. The quantitative estimate of drug-likeness (QED) is 0.672. The van der Waals surface area contributed by atoms with Crippen LogP contribution in [0.1, 0.15) is 43.0 Å². The molecule has 102 valence electrons. The summed E-state index contributed by atoms with van der Waals surface area (Å²) in [4.78, 5) is 22.5. The molecular formula is C14H18N2O3. The lowest BCUT2D eigenvalue weighted by molar-refractivity contribution is -0.385. The third-order valence-electron chi connectivity index (χ3n) is 3.70. The Morgan fingerprint density at radius 3 is 2.53 bits per heavy atom. The van der Waals surface area contributed by atoms with Crippen molar-refractivity contribution in [2.75, 3.05) is 0 Å². The number of hydrogen-bond donors (Lipinski definition) is 1. The molecule has 1 aromatic rings. The first kappa shape index (κ1) is 13.5. The van der Waals surface area contributed by atoms with Gasteiger partial charge in [0.05, 0.1) is 4.92 Å². The second-order valence-electron chi connectivity index (χ2n) is 5.20. The van der Waals surface area contributed by atoms with Gasteiger partial charge in [0.1, 0.15) is 5.56 Å². The van der Waals surface area contributed by atoms with E-state index in [9.17, 15) is 14.9 Å². The molecule has 1 aliphatic rings. The topological polar surface area (TPSA) is 72.2 Å². The van der Waals surface area contributed by atoms with Crippen LogP contribution in [0.5, 0.6) is 0 Å². The first-order chi connectivity index (χ1) is 9.08. The number of carbonyl (C=O) groups excluding carboxylic acids is 1. The molecule has 1 aromatic carbocycles. The Kier molecular flexibility index (Phi) is 4.14. The van der Waals surface area contributed by atoms with Crippen molar-refractivity contribution in [3.63, 3.8) is 0 Å². The molecule has 0 spiro atoms. The van der Waals surface area contributed by atoms with Crippen LogP contribution < -0.4 is 5.32 Å². The number of nitrogens with zero attached hydrogens (tertiary/aromatic N) is 1. The van der Waals surface area contributed by atoms with Gasteiger partial charge in [-0.25, -0.2) is 0 Å². The normalized spacial score (nSPS) is 22.8. The van der Waals surface area contributed by atoms with Gasteiger partial charge in [0.15, 0.2) is 0 Å². The van der Waals surface area contributed by atoms with Gasteiger partial charge < -0.3 is 5.32 Å². The van der Waals surface area contributed by atoms with E-state index >= 15 is 0 Å². The van der Waals surface area contributed by atoms with E-state index in [4.69, 9.17) is 0 Å². The molecule has 19 heavy (non-hydrogen) atoms. The Bertz CT molecular complexity index is 479. The number of benzene rings is 1. The molecule has 5 nitrogen and oxygen atoms in total. The van der Waals surface area contributed by atoms with Crippen LogP contribution in [0.25, 0.3) is 0 Å². The molecule has 1 aliphatic carbocycles. The fraction of sp³-hybridized carbons (Fsp3) is 0.500. The van der Waals surface area contributed by atoms with Crippen molar-refractivity contribution in [2.45, 2.75) is 38.6 Å². The fourth-order valence-corrected chi connectivity index (χ4v) is 2.49. The van der Waals surface area contributed by atoms with Crippen LogP contribution in [0.2, 0.25) is 0 Å². The first-order valence-corrected chi connectivity index (χ1v) is 6.62. The summed E-state index contributed by atoms with van der Waals surface area (Å²) in [6.07, 6.45) is 4.10. The summed E-state index contributed by atoms with van der Waals surface area (Å²) in [7, 11) is 0. The summed E-state index contributed by atoms with van der Waals surface area (Å²) in [5, 5.41) is 13.8. The van der Waals surface area contributed by atoms with Crippen LogP contribution in [0, 0.1) is 16.0 Å². The molecule has 0 aliphatic heterocycles. The lowest BCUT2D eigenvalue weighted by Gasteiger charge is -2.26. The van der Waals surface area contributed by atoms with Gasteiger partial charge in [0.25, 0.3) is 11.6 Å². The van der Waals surface area contributed by atoms with E-state index in [0.717, 1.165) is 25.7 Å². The second-order valence-corrected chi connectivity index (χ2v) is 5.20. The van der Waals surface area contributed by atoms with Crippen molar-refractivity contribution in [1.82, 2.24) is 5.32 Å². The first-order valence-electron chi connectivity index (χ1n) is 6.62. The van der Waals surface area contributed by atoms with Gasteiger partial charge in [-0.05, 0) is 37.7 Å². The Balaban J connectivity index is 2.06. The van der Waals surface area contributed by atoms with E-state index in [1.165, 1.54) is 12.1 Å². The number of para-hydroxylation sites is 1. The zero-order chi connectivity index (χ0) is 13.8. The number of rotatable bonds is 3. The smallest absolute Gasteiger partial charge is 0.282 e. The Labute approximate surface area is 112 Å². The molecule has 0 bridgehead atoms. The lowest BCUT2D eigenvalue weighted by Crippen LogP contribution is -2.37. The third kappa shape index (κ3) is 3.30. The molecule has 2 rings (SSSR count). The molecule has 1 N–H and O–H groups in total. The van der Waals surface area contributed by atoms with E-state index in [1.807, 2.05) is 0 Å². The van der Waals surface area contributed by atoms with E-state index in [0.29, 0.717) is 5.92 Å². The van der Waals surface area contributed by atoms with Gasteiger partial charge in [-0.2, -0.15) is 0 Å². The van der Waals surface area contributed by atoms with Crippen LogP contribution >= 0.6 is 0 Å². The number of carbonyl (C=O) groups is 1. The summed E-state index contributed by atoms with van der Waals surface area (Å²) < 4.78 is 0. The minimum atomic E-state index is -0.516. The van der Waals surface area contributed by atoms with Gasteiger partial charge in [-0.3, -0.25) is 14.9 Å².